The molecule has 6 nitrogen and oxygen atoms in total. The minimum atomic E-state index is -0.385. The molecule has 126 valence electrons. The summed E-state index contributed by atoms with van der Waals surface area (Å²) >= 11 is 1.34. The van der Waals surface area contributed by atoms with Gasteiger partial charge in [0.25, 0.3) is 0 Å². The van der Waals surface area contributed by atoms with Gasteiger partial charge in [0, 0.05) is 18.7 Å². The number of aryl methyl sites for hydroxylation is 1. The van der Waals surface area contributed by atoms with Crippen LogP contribution in [0.1, 0.15) is 22.3 Å². The van der Waals surface area contributed by atoms with E-state index in [1.165, 1.54) is 21.9 Å². The Morgan fingerprint density at radius 2 is 2.04 bits per heavy atom. The molecule has 3 aromatic rings. The number of morpholine rings is 1. The molecule has 2 aromatic heterocycles. The third-order valence-corrected chi connectivity index (χ3v) is 5.24. The zero-order valence-corrected chi connectivity index (χ0v) is 14.0. The lowest BCUT2D eigenvalue weighted by atomic mass is 10.0. The van der Waals surface area contributed by atoms with Crippen LogP contribution < -0.4 is 0 Å². The number of aromatic hydroxyl groups is 1. The Balaban J connectivity index is 1.86. The number of hydrogen-bond acceptors (Lipinski definition) is 6. The van der Waals surface area contributed by atoms with Gasteiger partial charge in [0.2, 0.25) is 10.8 Å². The van der Waals surface area contributed by atoms with Gasteiger partial charge in [-0.25, -0.2) is 9.37 Å². The number of nitrogens with zero attached hydrogens (tertiary/aromatic N) is 4. The molecule has 0 bridgehead atoms. The van der Waals surface area contributed by atoms with Gasteiger partial charge in [-0.3, -0.25) is 4.90 Å². The van der Waals surface area contributed by atoms with E-state index in [0.717, 1.165) is 0 Å². The van der Waals surface area contributed by atoms with E-state index in [4.69, 9.17) is 4.74 Å². The molecule has 1 aliphatic heterocycles. The summed E-state index contributed by atoms with van der Waals surface area (Å²) < 4.78 is 21.3. The molecular formula is C16H17FN4O2S. The molecule has 4 rings (SSSR count). The predicted octanol–water partition coefficient (Wildman–Crippen LogP) is 2.37. The average molecular weight is 348 g/mol. The van der Waals surface area contributed by atoms with Gasteiger partial charge in [-0.1, -0.05) is 29.5 Å². The molecule has 0 spiro atoms. The van der Waals surface area contributed by atoms with E-state index in [1.54, 1.807) is 19.1 Å². The van der Waals surface area contributed by atoms with Gasteiger partial charge in [-0.05, 0) is 13.0 Å². The highest BCUT2D eigenvalue weighted by molar-refractivity contribution is 7.17. The maximum atomic E-state index is 14.5. The van der Waals surface area contributed by atoms with Crippen LogP contribution in [0.5, 0.6) is 5.88 Å². The molecule has 8 heteroatoms. The van der Waals surface area contributed by atoms with Crippen molar-refractivity contribution in [3.63, 3.8) is 0 Å². The van der Waals surface area contributed by atoms with Crippen molar-refractivity contribution in [2.75, 3.05) is 26.3 Å². The molecule has 1 fully saturated rings. The number of thiazole rings is 1. The molecule has 1 saturated heterocycles. The van der Waals surface area contributed by atoms with E-state index in [-0.39, 0.29) is 17.7 Å². The van der Waals surface area contributed by atoms with Crippen LogP contribution in [0.4, 0.5) is 4.39 Å². The van der Waals surface area contributed by atoms with Crippen molar-refractivity contribution < 1.29 is 14.2 Å². The first-order valence-corrected chi connectivity index (χ1v) is 8.58. The fourth-order valence-electron chi connectivity index (χ4n) is 3.06. The number of fused-ring (bicyclic) bond motifs is 1. The quantitative estimate of drug-likeness (QED) is 0.787. The van der Waals surface area contributed by atoms with Crippen molar-refractivity contribution in [2.24, 2.45) is 0 Å². The summed E-state index contributed by atoms with van der Waals surface area (Å²) in [6.07, 6.45) is 0. The molecular weight excluding hydrogens is 331 g/mol. The largest absolute Gasteiger partial charge is 0.492 e. The highest BCUT2D eigenvalue weighted by Gasteiger charge is 2.32. The first-order chi connectivity index (χ1) is 11.6. The first-order valence-electron chi connectivity index (χ1n) is 7.76. The lowest BCUT2D eigenvalue weighted by Gasteiger charge is -2.34. The Morgan fingerprint density at radius 3 is 2.75 bits per heavy atom. The van der Waals surface area contributed by atoms with Gasteiger partial charge in [-0.2, -0.15) is 4.52 Å². The summed E-state index contributed by atoms with van der Waals surface area (Å²) in [6.45, 7) is 4.29. The summed E-state index contributed by atoms with van der Waals surface area (Å²) in [7, 11) is 0. The smallest absolute Gasteiger partial charge is 0.230 e. The van der Waals surface area contributed by atoms with Crippen molar-refractivity contribution in [1.82, 2.24) is 19.5 Å². The van der Waals surface area contributed by atoms with E-state index in [0.29, 0.717) is 47.5 Å². The SMILES string of the molecule is Cc1nc2sc(C(c3ccccc3F)N3CCOCC3)c(O)n2n1. The monoisotopic (exact) mass is 348 g/mol. The maximum Gasteiger partial charge on any atom is 0.230 e. The van der Waals surface area contributed by atoms with E-state index in [1.807, 2.05) is 6.07 Å². The molecule has 1 aromatic carbocycles. The number of aromatic nitrogens is 3. The second kappa shape index (κ2) is 6.12. The minimum absolute atomic E-state index is 0.0235. The number of ether oxygens (including phenoxy) is 1. The molecule has 0 amide bonds. The summed E-state index contributed by atoms with van der Waals surface area (Å²) in [5.41, 5.74) is 0.538. The summed E-state index contributed by atoms with van der Waals surface area (Å²) in [5.74, 6) is 0.329. The van der Waals surface area contributed by atoms with Crippen molar-refractivity contribution in [3.05, 3.63) is 46.3 Å². The van der Waals surface area contributed by atoms with Gasteiger partial charge in [0.1, 0.15) is 11.6 Å². The fourth-order valence-corrected chi connectivity index (χ4v) is 4.22. The number of hydrogen-bond donors (Lipinski definition) is 1. The number of rotatable bonds is 3. The summed E-state index contributed by atoms with van der Waals surface area (Å²) in [5, 5.41) is 14.9. The highest BCUT2D eigenvalue weighted by atomic mass is 32.1. The van der Waals surface area contributed by atoms with Crippen molar-refractivity contribution in [2.45, 2.75) is 13.0 Å². The number of halogens is 1. The maximum absolute atomic E-state index is 14.5. The van der Waals surface area contributed by atoms with Crippen molar-refractivity contribution >= 4 is 16.3 Å². The Kier molecular flexibility index (Phi) is 3.95. The third kappa shape index (κ3) is 2.56. The topological polar surface area (TPSA) is 62.9 Å². The minimum Gasteiger partial charge on any atom is -0.492 e. The highest BCUT2D eigenvalue weighted by Crippen LogP contribution is 2.40. The van der Waals surface area contributed by atoms with E-state index in [9.17, 15) is 9.50 Å². The van der Waals surface area contributed by atoms with Gasteiger partial charge < -0.3 is 9.84 Å². The normalized spacial score (nSPS) is 17.4. The van der Waals surface area contributed by atoms with Gasteiger partial charge in [0.15, 0.2) is 0 Å². The molecule has 0 radical (unpaired) electrons. The zero-order valence-electron chi connectivity index (χ0n) is 13.1. The van der Waals surface area contributed by atoms with Gasteiger partial charge >= 0.3 is 0 Å². The standard InChI is InChI=1S/C16H17FN4O2S/c1-10-18-16-21(19-10)15(22)14(24-16)13(20-6-8-23-9-7-20)11-4-2-3-5-12(11)17/h2-5,13,22H,6-9H2,1H3. The third-order valence-electron chi connectivity index (χ3n) is 4.16. The van der Waals surface area contributed by atoms with Crippen LogP contribution in [-0.2, 0) is 4.74 Å². The molecule has 1 aliphatic rings. The van der Waals surface area contributed by atoms with Crippen LogP contribution in [0, 0.1) is 12.7 Å². The number of benzene rings is 1. The molecule has 1 unspecified atom stereocenters. The molecule has 3 heterocycles. The summed E-state index contributed by atoms with van der Waals surface area (Å²) in [6, 6.07) is 6.30. The molecule has 24 heavy (non-hydrogen) atoms. The Labute approximate surface area is 142 Å². The molecule has 0 aliphatic carbocycles. The Bertz CT molecular complexity index is 872. The van der Waals surface area contributed by atoms with E-state index >= 15 is 0 Å². The van der Waals surface area contributed by atoms with Crippen LogP contribution in [0.2, 0.25) is 0 Å². The lowest BCUT2D eigenvalue weighted by molar-refractivity contribution is 0.0235. The average Bonchev–Trinajstić information content (AvgIpc) is 3.09. The van der Waals surface area contributed by atoms with E-state index in [2.05, 4.69) is 15.0 Å². The van der Waals surface area contributed by atoms with Crippen LogP contribution >= 0.6 is 11.3 Å². The zero-order chi connectivity index (χ0) is 16.7. The van der Waals surface area contributed by atoms with E-state index < -0.39 is 0 Å². The molecule has 1 atom stereocenters. The molecule has 0 saturated carbocycles. The van der Waals surface area contributed by atoms with Gasteiger partial charge in [-0.15, -0.1) is 5.10 Å². The van der Waals surface area contributed by atoms with Crippen LogP contribution in [0.25, 0.3) is 4.96 Å². The fraction of sp³-hybridized carbons (Fsp3) is 0.375. The lowest BCUT2D eigenvalue weighted by Crippen LogP contribution is -2.39. The Hall–Kier alpha value is -2.03. The van der Waals surface area contributed by atoms with Crippen molar-refractivity contribution in [3.8, 4) is 5.88 Å². The van der Waals surface area contributed by atoms with Crippen LogP contribution in [-0.4, -0.2) is 50.9 Å². The predicted molar refractivity (Wildman–Crippen MR) is 87.9 cm³/mol. The van der Waals surface area contributed by atoms with Crippen LogP contribution in [0.3, 0.4) is 0 Å². The first kappa shape index (κ1) is 15.5. The Morgan fingerprint density at radius 1 is 1.29 bits per heavy atom. The van der Waals surface area contributed by atoms with Crippen LogP contribution in [0.15, 0.2) is 24.3 Å². The van der Waals surface area contributed by atoms with Gasteiger partial charge in [0.05, 0.1) is 24.1 Å². The molecule has 1 N–H and O–H groups in total. The summed E-state index contributed by atoms with van der Waals surface area (Å²) in [4.78, 5) is 7.69. The van der Waals surface area contributed by atoms with Crippen molar-refractivity contribution in [1.29, 1.82) is 0 Å². The second-order valence-electron chi connectivity index (χ2n) is 5.72. The second-order valence-corrected chi connectivity index (χ2v) is 6.72.